The van der Waals surface area contributed by atoms with Crippen LogP contribution in [-0.2, 0) is 19.1 Å². The maximum absolute atomic E-state index is 13.1. The summed E-state index contributed by atoms with van der Waals surface area (Å²) < 4.78 is 12.3. The summed E-state index contributed by atoms with van der Waals surface area (Å²) >= 11 is 0. The normalized spacial score (nSPS) is 49.6. The van der Waals surface area contributed by atoms with E-state index in [2.05, 4.69) is 27.7 Å². The predicted molar refractivity (Wildman–Crippen MR) is 90.5 cm³/mol. The molecule has 2 aliphatic carbocycles. The summed E-state index contributed by atoms with van der Waals surface area (Å²) in [5.41, 5.74) is 0.503. The fraction of sp³-hybridized carbons (Fsp3) is 0.800. The molecule has 3 heterocycles. The average molecular weight is 348 g/mol. The Bertz CT molecular complexity index is 657. The molecule has 0 radical (unpaired) electrons. The van der Waals surface area contributed by atoms with Crippen molar-refractivity contribution in [2.75, 3.05) is 0 Å². The van der Waals surface area contributed by atoms with E-state index in [0.717, 1.165) is 19.3 Å². The van der Waals surface area contributed by atoms with Crippen LogP contribution in [0.2, 0.25) is 0 Å². The fourth-order valence-electron chi connectivity index (χ4n) is 6.91. The SMILES string of the molecule is C[C@H]1C/C(=C/C(=O)O)C2OC3(CC(=O)[C@@H]4C(C)(C)CCC[C@@]4(C)[C@H]13)O2. The molecule has 0 aromatic rings. The number of carbonyl (C=O) groups excluding carboxylic acids is 1. The number of carboxylic acids is 1. The summed E-state index contributed by atoms with van der Waals surface area (Å²) in [6.45, 7) is 8.83. The number of aliphatic carboxylic acids is 1. The molecule has 5 heteroatoms. The summed E-state index contributed by atoms with van der Waals surface area (Å²) in [4.78, 5) is 24.3. The first-order valence-corrected chi connectivity index (χ1v) is 9.41. The fourth-order valence-corrected chi connectivity index (χ4v) is 6.91. The van der Waals surface area contributed by atoms with Crippen LogP contribution in [-0.4, -0.2) is 28.9 Å². The molecule has 0 aromatic carbocycles. The number of hydrogen-bond acceptors (Lipinski definition) is 4. The summed E-state index contributed by atoms with van der Waals surface area (Å²) in [6, 6.07) is 0. The van der Waals surface area contributed by atoms with Gasteiger partial charge >= 0.3 is 5.97 Å². The van der Waals surface area contributed by atoms with Gasteiger partial charge in [0.25, 0.3) is 0 Å². The van der Waals surface area contributed by atoms with Gasteiger partial charge < -0.3 is 14.6 Å². The van der Waals surface area contributed by atoms with E-state index in [9.17, 15) is 9.59 Å². The summed E-state index contributed by atoms with van der Waals surface area (Å²) in [5, 5.41) is 9.14. The molecular formula is C20H28O5. The van der Waals surface area contributed by atoms with Crippen LogP contribution in [0.15, 0.2) is 11.6 Å². The third-order valence-electron chi connectivity index (χ3n) is 7.26. The van der Waals surface area contributed by atoms with E-state index in [1.807, 2.05) is 0 Å². The Hall–Kier alpha value is -1.20. The molecule has 0 amide bonds. The van der Waals surface area contributed by atoms with Gasteiger partial charge in [0.05, 0.1) is 6.42 Å². The van der Waals surface area contributed by atoms with Gasteiger partial charge in [0.15, 0.2) is 12.1 Å². The summed E-state index contributed by atoms with van der Waals surface area (Å²) in [6.07, 6.45) is 4.74. The molecule has 138 valence electrons. The van der Waals surface area contributed by atoms with E-state index >= 15 is 0 Å². The van der Waals surface area contributed by atoms with Crippen molar-refractivity contribution in [2.24, 2.45) is 28.6 Å². The zero-order valence-electron chi connectivity index (χ0n) is 15.5. The van der Waals surface area contributed by atoms with Gasteiger partial charge in [-0.15, -0.1) is 0 Å². The van der Waals surface area contributed by atoms with Crippen molar-refractivity contribution in [3.8, 4) is 0 Å². The highest BCUT2D eigenvalue weighted by Gasteiger charge is 2.70. The molecule has 5 aliphatic rings. The van der Waals surface area contributed by atoms with Gasteiger partial charge in [0.2, 0.25) is 0 Å². The number of fused-ring (bicyclic) bond motifs is 3. The van der Waals surface area contributed by atoms with Crippen LogP contribution in [0.4, 0.5) is 0 Å². The highest BCUT2D eigenvalue weighted by atomic mass is 16.9. The van der Waals surface area contributed by atoms with Crippen LogP contribution >= 0.6 is 0 Å². The highest BCUT2D eigenvalue weighted by molar-refractivity contribution is 5.85. The largest absolute Gasteiger partial charge is 0.478 e. The van der Waals surface area contributed by atoms with Crippen molar-refractivity contribution in [1.82, 2.24) is 0 Å². The van der Waals surface area contributed by atoms with Gasteiger partial charge in [-0.25, -0.2) is 4.79 Å². The first-order chi connectivity index (χ1) is 11.6. The monoisotopic (exact) mass is 348 g/mol. The molecule has 1 spiro atoms. The molecule has 3 aliphatic heterocycles. The molecule has 1 N–H and O–H groups in total. The lowest BCUT2D eigenvalue weighted by Crippen LogP contribution is -2.69. The smallest absolute Gasteiger partial charge is 0.328 e. The molecular weight excluding hydrogens is 320 g/mol. The second kappa shape index (κ2) is 5.17. The number of rotatable bonds is 1. The maximum atomic E-state index is 13.1. The first-order valence-electron chi connectivity index (χ1n) is 9.41. The zero-order valence-corrected chi connectivity index (χ0v) is 15.5. The van der Waals surface area contributed by atoms with Crippen LogP contribution in [0, 0.1) is 28.6 Å². The van der Waals surface area contributed by atoms with Gasteiger partial charge in [0.1, 0.15) is 5.78 Å². The molecule has 3 saturated heterocycles. The number of hydrogen-bond donors (Lipinski definition) is 1. The zero-order chi connectivity index (χ0) is 18.2. The number of Topliss-reactive ketones (excluding diaryl/α,β-unsaturated/α-hetero) is 1. The van der Waals surface area contributed by atoms with Crippen LogP contribution in [0.3, 0.4) is 0 Å². The molecule has 0 unspecified atom stereocenters. The molecule has 5 rings (SSSR count). The Morgan fingerprint density at radius 3 is 2.56 bits per heavy atom. The quantitative estimate of drug-likeness (QED) is 0.734. The molecule has 2 bridgehead atoms. The lowest BCUT2D eigenvalue weighted by Gasteiger charge is -2.64. The van der Waals surface area contributed by atoms with Crippen molar-refractivity contribution >= 4 is 11.8 Å². The van der Waals surface area contributed by atoms with E-state index in [4.69, 9.17) is 14.6 Å². The number of ketones is 1. The molecule has 4 atom stereocenters. The number of carboxylic acid groups (broad SMARTS) is 1. The van der Waals surface area contributed by atoms with E-state index < -0.39 is 18.0 Å². The molecule has 25 heavy (non-hydrogen) atoms. The van der Waals surface area contributed by atoms with E-state index in [-0.39, 0.29) is 34.4 Å². The minimum absolute atomic E-state index is 0.0133. The number of ether oxygens (including phenoxy) is 2. The summed E-state index contributed by atoms with van der Waals surface area (Å²) in [5.74, 6) is -1.23. The van der Waals surface area contributed by atoms with E-state index in [0.29, 0.717) is 18.4 Å². The van der Waals surface area contributed by atoms with Crippen LogP contribution in [0.5, 0.6) is 0 Å². The highest BCUT2D eigenvalue weighted by Crippen LogP contribution is 2.67. The Balaban J connectivity index is 1.78. The summed E-state index contributed by atoms with van der Waals surface area (Å²) in [7, 11) is 0. The Morgan fingerprint density at radius 2 is 1.92 bits per heavy atom. The van der Waals surface area contributed by atoms with E-state index in [1.54, 1.807) is 0 Å². The van der Waals surface area contributed by atoms with Gasteiger partial charge in [-0.05, 0) is 41.6 Å². The molecule has 5 nitrogen and oxygen atoms in total. The Kier molecular flexibility index (Phi) is 3.56. The van der Waals surface area contributed by atoms with Gasteiger partial charge in [-0.1, -0.05) is 34.1 Å². The standard InChI is InChI=1S/C20H28O5/c1-11-8-12(9-14(22)23)17-24-20(25-17)10-13(21)16-18(2,3)6-5-7-19(16,4)15(11)20/h9,11,15-17H,5-8,10H2,1-4H3,(H,22,23)/b12-9-/t11-,15-,16+,17?,19-,20?/m0/s1. The molecule has 2 saturated carbocycles. The van der Waals surface area contributed by atoms with Crippen molar-refractivity contribution in [1.29, 1.82) is 0 Å². The maximum Gasteiger partial charge on any atom is 0.328 e. The van der Waals surface area contributed by atoms with Gasteiger partial charge in [-0.3, -0.25) is 4.79 Å². The third kappa shape index (κ3) is 2.28. The van der Waals surface area contributed by atoms with Crippen molar-refractivity contribution in [3.63, 3.8) is 0 Å². The Morgan fingerprint density at radius 1 is 1.24 bits per heavy atom. The van der Waals surface area contributed by atoms with Crippen LogP contribution < -0.4 is 0 Å². The Labute approximate surface area is 148 Å². The van der Waals surface area contributed by atoms with Crippen LogP contribution in [0.1, 0.15) is 59.8 Å². The molecule has 5 fully saturated rings. The lowest BCUT2D eigenvalue weighted by molar-refractivity contribution is -0.468. The second-order valence-corrected chi connectivity index (χ2v) is 9.52. The van der Waals surface area contributed by atoms with Crippen molar-refractivity contribution < 1.29 is 24.2 Å². The minimum atomic E-state index is -0.973. The topological polar surface area (TPSA) is 72.8 Å². The van der Waals surface area contributed by atoms with Gasteiger partial charge in [0, 0.05) is 17.9 Å². The number of carbonyl (C=O) groups is 2. The predicted octanol–water partition coefficient (Wildman–Crippen LogP) is 3.53. The van der Waals surface area contributed by atoms with Gasteiger partial charge in [-0.2, -0.15) is 0 Å². The molecule has 0 aromatic heterocycles. The lowest BCUT2D eigenvalue weighted by atomic mass is 9.45. The second-order valence-electron chi connectivity index (χ2n) is 9.52. The minimum Gasteiger partial charge on any atom is -0.478 e. The van der Waals surface area contributed by atoms with Crippen molar-refractivity contribution in [2.45, 2.75) is 71.9 Å². The first kappa shape index (κ1) is 17.2. The third-order valence-corrected chi connectivity index (χ3v) is 7.26. The van der Waals surface area contributed by atoms with Crippen LogP contribution in [0.25, 0.3) is 0 Å². The average Bonchev–Trinajstić information content (AvgIpc) is 2.58. The van der Waals surface area contributed by atoms with E-state index in [1.165, 1.54) is 6.08 Å². The van der Waals surface area contributed by atoms with Crippen molar-refractivity contribution in [3.05, 3.63) is 11.6 Å².